The molecule has 1 saturated heterocycles. The Bertz CT molecular complexity index is 1110. The van der Waals surface area contributed by atoms with Crippen molar-refractivity contribution in [2.45, 2.75) is 26.9 Å². The van der Waals surface area contributed by atoms with Crippen molar-refractivity contribution < 1.29 is 29.0 Å². The Morgan fingerprint density at radius 3 is 2.50 bits per heavy atom. The number of aliphatic carboxylic acids is 1. The van der Waals surface area contributed by atoms with Gasteiger partial charge in [0.2, 0.25) is 0 Å². The summed E-state index contributed by atoms with van der Waals surface area (Å²) < 4.78 is 11.0. The molecule has 0 radical (unpaired) electrons. The predicted molar refractivity (Wildman–Crippen MR) is 123 cm³/mol. The first-order valence-electron chi connectivity index (χ1n) is 9.85. The molecule has 2 aromatic carbocycles. The summed E-state index contributed by atoms with van der Waals surface area (Å²) in [6.45, 7) is 5.41. The fourth-order valence-corrected chi connectivity index (χ4v) is 3.25. The second-order valence-corrected chi connectivity index (χ2v) is 7.42. The van der Waals surface area contributed by atoms with E-state index in [-0.39, 0.29) is 16.4 Å². The van der Waals surface area contributed by atoms with Gasteiger partial charge in [0.1, 0.15) is 5.57 Å². The standard InChI is InChI=1S/C23H22N2O6S/c1-4-30-19-12-15(7-10-18(19)31-14(3)22(28)29)11-17-20(26)24-23(32)25(21(17)27)16-8-5-13(2)6-9-16/h5-12,14H,4H2,1-3H3,(H,28,29)(H,24,26,32)/b17-11-. The van der Waals surface area contributed by atoms with Gasteiger partial charge in [-0.1, -0.05) is 23.8 Å². The number of nitrogens with zero attached hydrogens (tertiary/aromatic N) is 1. The number of hydrogen-bond donors (Lipinski definition) is 2. The van der Waals surface area contributed by atoms with E-state index in [0.717, 1.165) is 5.56 Å². The third-order valence-electron chi connectivity index (χ3n) is 4.62. The van der Waals surface area contributed by atoms with Crippen LogP contribution in [0.4, 0.5) is 5.69 Å². The Morgan fingerprint density at radius 1 is 1.19 bits per heavy atom. The van der Waals surface area contributed by atoms with Crippen LogP contribution in [0.2, 0.25) is 0 Å². The molecule has 32 heavy (non-hydrogen) atoms. The van der Waals surface area contributed by atoms with Crippen LogP contribution in [0.3, 0.4) is 0 Å². The van der Waals surface area contributed by atoms with Gasteiger partial charge >= 0.3 is 5.97 Å². The number of carbonyl (C=O) groups excluding carboxylic acids is 2. The summed E-state index contributed by atoms with van der Waals surface area (Å²) in [7, 11) is 0. The van der Waals surface area contributed by atoms with Crippen molar-refractivity contribution in [3.05, 3.63) is 59.2 Å². The van der Waals surface area contributed by atoms with Crippen molar-refractivity contribution in [3.63, 3.8) is 0 Å². The molecule has 1 heterocycles. The van der Waals surface area contributed by atoms with Gasteiger partial charge < -0.3 is 14.6 Å². The second-order valence-electron chi connectivity index (χ2n) is 7.03. The average Bonchev–Trinajstić information content (AvgIpc) is 2.74. The highest BCUT2D eigenvalue weighted by molar-refractivity contribution is 7.80. The quantitative estimate of drug-likeness (QED) is 0.376. The molecule has 2 N–H and O–H groups in total. The number of amides is 2. The fourth-order valence-electron chi connectivity index (χ4n) is 2.97. The number of anilines is 1. The molecule has 8 nitrogen and oxygen atoms in total. The van der Waals surface area contributed by atoms with Gasteiger partial charge in [-0.2, -0.15) is 0 Å². The van der Waals surface area contributed by atoms with Crippen molar-refractivity contribution in [1.82, 2.24) is 5.32 Å². The highest BCUT2D eigenvalue weighted by Gasteiger charge is 2.34. The minimum atomic E-state index is -1.12. The molecule has 1 aliphatic heterocycles. The third-order valence-corrected chi connectivity index (χ3v) is 4.91. The van der Waals surface area contributed by atoms with Crippen molar-refractivity contribution in [3.8, 4) is 11.5 Å². The van der Waals surface area contributed by atoms with Crippen LogP contribution in [0.15, 0.2) is 48.0 Å². The van der Waals surface area contributed by atoms with Crippen LogP contribution in [0.5, 0.6) is 11.5 Å². The molecule has 166 valence electrons. The molecule has 2 aromatic rings. The van der Waals surface area contributed by atoms with Crippen LogP contribution in [-0.2, 0) is 14.4 Å². The Hall–Kier alpha value is -3.72. The van der Waals surface area contributed by atoms with Gasteiger partial charge in [0, 0.05) is 0 Å². The number of carbonyl (C=O) groups is 3. The molecule has 1 unspecified atom stereocenters. The molecule has 9 heteroatoms. The van der Waals surface area contributed by atoms with E-state index in [1.54, 1.807) is 31.2 Å². The smallest absolute Gasteiger partial charge is 0.344 e. The molecule has 0 bridgehead atoms. The molecule has 0 saturated carbocycles. The molecule has 1 aliphatic rings. The van der Waals surface area contributed by atoms with Crippen molar-refractivity contribution >= 4 is 46.9 Å². The first-order chi connectivity index (χ1) is 15.2. The second kappa shape index (κ2) is 9.61. The van der Waals surface area contributed by atoms with Crippen LogP contribution in [0, 0.1) is 6.92 Å². The Balaban J connectivity index is 1.96. The van der Waals surface area contributed by atoms with E-state index >= 15 is 0 Å². The van der Waals surface area contributed by atoms with Gasteiger partial charge in [0.05, 0.1) is 12.3 Å². The van der Waals surface area contributed by atoms with Gasteiger partial charge in [0.25, 0.3) is 11.8 Å². The van der Waals surface area contributed by atoms with Gasteiger partial charge in [-0.25, -0.2) is 4.79 Å². The summed E-state index contributed by atoms with van der Waals surface area (Å²) in [5, 5.41) is 11.6. The summed E-state index contributed by atoms with van der Waals surface area (Å²) in [6.07, 6.45) is 0.348. The van der Waals surface area contributed by atoms with E-state index in [4.69, 9.17) is 26.8 Å². The zero-order chi connectivity index (χ0) is 23.4. The SMILES string of the molecule is CCOc1cc(/C=C2/C(=O)NC(=S)N(c3ccc(C)cc3)C2=O)ccc1OC(C)C(=O)O. The number of carboxylic acid groups (broad SMARTS) is 1. The molecule has 1 fully saturated rings. The van der Waals surface area contributed by atoms with E-state index in [1.807, 2.05) is 19.1 Å². The number of hydrogen-bond acceptors (Lipinski definition) is 6. The molecule has 1 atom stereocenters. The number of aryl methyl sites for hydroxylation is 1. The van der Waals surface area contributed by atoms with Gasteiger partial charge in [0.15, 0.2) is 22.7 Å². The summed E-state index contributed by atoms with van der Waals surface area (Å²) in [5.74, 6) is -1.74. The molecule has 0 spiro atoms. The summed E-state index contributed by atoms with van der Waals surface area (Å²) >= 11 is 5.21. The van der Waals surface area contributed by atoms with E-state index < -0.39 is 23.9 Å². The Labute approximate surface area is 190 Å². The van der Waals surface area contributed by atoms with E-state index in [1.165, 1.54) is 24.0 Å². The summed E-state index contributed by atoms with van der Waals surface area (Å²) in [6, 6.07) is 11.9. The lowest BCUT2D eigenvalue weighted by Gasteiger charge is -2.29. The Morgan fingerprint density at radius 2 is 1.88 bits per heavy atom. The number of ether oxygens (including phenoxy) is 2. The molecular weight excluding hydrogens is 432 g/mol. The van der Waals surface area contributed by atoms with Crippen LogP contribution in [-0.4, -0.2) is 40.7 Å². The summed E-state index contributed by atoms with van der Waals surface area (Å²) in [4.78, 5) is 38.0. The monoisotopic (exact) mass is 454 g/mol. The lowest BCUT2D eigenvalue weighted by molar-refractivity contribution is -0.144. The van der Waals surface area contributed by atoms with Crippen molar-refractivity contribution in [2.24, 2.45) is 0 Å². The lowest BCUT2D eigenvalue weighted by Crippen LogP contribution is -2.54. The normalized spacial score (nSPS) is 16.0. The first kappa shape index (κ1) is 23.0. The highest BCUT2D eigenvalue weighted by Crippen LogP contribution is 2.31. The van der Waals surface area contributed by atoms with E-state index in [2.05, 4.69) is 5.32 Å². The Kier molecular flexibility index (Phi) is 6.89. The van der Waals surface area contributed by atoms with Crippen molar-refractivity contribution in [1.29, 1.82) is 0 Å². The molecular formula is C23H22N2O6S. The van der Waals surface area contributed by atoms with Crippen molar-refractivity contribution in [2.75, 3.05) is 11.5 Å². The fraction of sp³-hybridized carbons (Fsp3) is 0.217. The maximum Gasteiger partial charge on any atom is 0.344 e. The number of thiocarbonyl (C=S) groups is 1. The zero-order valence-electron chi connectivity index (χ0n) is 17.7. The van der Waals surface area contributed by atoms with E-state index in [0.29, 0.717) is 23.6 Å². The largest absolute Gasteiger partial charge is 0.490 e. The van der Waals surface area contributed by atoms with Crippen LogP contribution in [0.1, 0.15) is 25.0 Å². The maximum absolute atomic E-state index is 13.1. The molecule has 2 amide bonds. The number of nitrogens with one attached hydrogen (secondary N) is 1. The minimum absolute atomic E-state index is 0.00224. The average molecular weight is 455 g/mol. The van der Waals surface area contributed by atoms with Gasteiger partial charge in [-0.3, -0.25) is 19.8 Å². The number of benzene rings is 2. The molecule has 0 aliphatic carbocycles. The molecule has 3 rings (SSSR count). The first-order valence-corrected chi connectivity index (χ1v) is 10.3. The van der Waals surface area contributed by atoms with Crippen LogP contribution >= 0.6 is 12.2 Å². The highest BCUT2D eigenvalue weighted by atomic mass is 32.1. The minimum Gasteiger partial charge on any atom is -0.490 e. The van der Waals surface area contributed by atoms with E-state index in [9.17, 15) is 14.4 Å². The maximum atomic E-state index is 13.1. The number of rotatable bonds is 7. The number of carboxylic acids is 1. The van der Waals surface area contributed by atoms with Crippen LogP contribution < -0.4 is 19.7 Å². The lowest BCUT2D eigenvalue weighted by atomic mass is 10.1. The van der Waals surface area contributed by atoms with Crippen LogP contribution in [0.25, 0.3) is 6.08 Å². The molecule has 0 aromatic heterocycles. The topological polar surface area (TPSA) is 105 Å². The zero-order valence-corrected chi connectivity index (χ0v) is 18.6. The summed E-state index contributed by atoms with van der Waals surface area (Å²) in [5.41, 5.74) is 1.96. The van der Waals surface area contributed by atoms with Gasteiger partial charge in [-0.15, -0.1) is 0 Å². The predicted octanol–water partition coefficient (Wildman–Crippen LogP) is 3.08. The third kappa shape index (κ3) is 4.94. The van der Waals surface area contributed by atoms with Gasteiger partial charge in [-0.05, 0) is 68.9 Å².